The summed E-state index contributed by atoms with van der Waals surface area (Å²) in [5, 5.41) is 16.4. The minimum absolute atomic E-state index is 0.611. The van der Waals surface area contributed by atoms with Gasteiger partial charge in [-0.2, -0.15) is 0 Å². The van der Waals surface area contributed by atoms with Crippen LogP contribution in [0.5, 0.6) is 0 Å². The monoisotopic (exact) mass is 347 g/mol. The van der Waals surface area contributed by atoms with E-state index in [0.29, 0.717) is 6.54 Å². The molecule has 0 radical (unpaired) electrons. The van der Waals surface area contributed by atoms with Crippen LogP contribution >= 0.6 is 0 Å². The van der Waals surface area contributed by atoms with Gasteiger partial charge in [0.2, 0.25) is 0 Å². The summed E-state index contributed by atoms with van der Waals surface area (Å²) < 4.78 is 2.37. The molecule has 0 spiro atoms. The molecule has 2 aliphatic rings. The summed E-state index contributed by atoms with van der Waals surface area (Å²) in [6, 6.07) is 10.8. The largest absolute Gasteiger partial charge is 0.383 e. The number of pyridine rings is 1. The average molecular weight is 347 g/mol. The molecule has 3 heterocycles. The zero-order valence-corrected chi connectivity index (χ0v) is 15.5. The topological polar surface area (TPSA) is 50.1 Å². The van der Waals surface area contributed by atoms with E-state index in [2.05, 4.69) is 46.1 Å². The number of hydrogen-bond donors (Lipinski definition) is 2. The third kappa shape index (κ3) is 2.32. The third-order valence-electron chi connectivity index (χ3n) is 6.09. The summed E-state index contributed by atoms with van der Waals surface area (Å²) >= 11 is 0. The van der Waals surface area contributed by atoms with Crippen LogP contribution in [-0.4, -0.2) is 21.2 Å². The molecule has 4 nitrogen and oxygen atoms in total. The first kappa shape index (κ1) is 16.0. The van der Waals surface area contributed by atoms with Crippen molar-refractivity contribution in [2.75, 3.05) is 6.54 Å². The van der Waals surface area contributed by atoms with Gasteiger partial charge in [0.15, 0.2) is 0 Å². The van der Waals surface area contributed by atoms with E-state index in [1.54, 1.807) is 0 Å². The first-order valence-corrected chi connectivity index (χ1v) is 9.56. The Hall–Kier alpha value is -2.17. The Morgan fingerprint density at radius 1 is 1.19 bits per heavy atom. The van der Waals surface area contributed by atoms with E-state index in [-0.39, 0.29) is 0 Å². The molecule has 5 rings (SSSR count). The average Bonchev–Trinajstić information content (AvgIpc) is 3.11. The van der Waals surface area contributed by atoms with Crippen LogP contribution in [0.2, 0.25) is 0 Å². The summed E-state index contributed by atoms with van der Waals surface area (Å²) in [5.74, 6) is 0. The van der Waals surface area contributed by atoms with E-state index >= 15 is 0 Å². The Bertz CT molecular complexity index is 1020. The fourth-order valence-electron chi connectivity index (χ4n) is 4.79. The van der Waals surface area contributed by atoms with Crippen LogP contribution in [0, 0.1) is 13.8 Å². The minimum atomic E-state index is -0.828. The van der Waals surface area contributed by atoms with Crippen molar-refractivity contribution >= 4 is 10.9 Å². The van der Waals surface area contributed by atoms with E-state index in [0.717, 1.165) is 49.3 Å². The number of rotatable bonds is 2. The maximum Gasteiger partial charge on any atom is 0.110 e. The van der Waals surface area contributed by atoms with Crippen LogP contribution in [0.4, 0.5) is 0 Å². The van der Waals surface area contributed by atoms with Crippen molar-refractivity contribution in [3.05, 3.63) is 64.1 Å². The molecular formula is C22H25N3O. The standard InChI is InChI=1S/C22H25N3O/c1-14-3-6-20-16(11-14)17-12-23-10-8-21(17)25(20)13-22(26)9-7-19-18(22)5-4-15(2)24-19/h3-6,11,23,26H,7-10,12-13H2,1-2H3. The molecule has 0 amide bonds. The molecule has 134 valence electrons. The molecule has 1 atom stereocenters. The number of aromatic nitrogens is 2. The fourth-order valence-corrected chi connectivity index (χ4v) is 4.79. The van der Waals surface area contributed by atoms with E-state index in [1.165, 1.54) is 27.7 Å². The van der Waals surface area contributed by atoms with Crippen molar-refractivity contribution in [3.8, 4) is 0 Å². The zero-order valence-electron chi connectivity index (χ0n) is 15.5. The highest BCUT2D eigenvalue weighted by molar-refractivity contribution is 5.86. The van der Waals surface area contributed by atoms with Crippen molar-refractivity contribution in [1.82, 2.24) is 14.9 Å². The second kappa shape index (κ2) is 5.66. The number of aryl methyl sites for hydroxylation is 3. The number of nitrogens with zero attached hydrogens (tertiary/aromatic N) is 2. The second-order valence-electron chi connectivity index (χ2n) is 7.94. The SMILES string of the molecule is Cc1ccc2c(c1)c1c(n2CC2(O)CCc3nc(C)ccc32)CCNC1. The predicted molar refractivity (Wildman–Crippen MR) is 103 cm³/mol. The first-order chi connectivity index (χ1) is 12.5. The van der Waals surface area contributed by atoms with Gasteiger partial charge in [-0.05, 0) is 50.5 Å². The van der Waals surface area contributed by atoms with Crippen molar-refractivity contribution in [2.45, 2.75) is 51.8 Å². The minimum Gasteiger partial charge on any atom is -0.383 e. The van der Waals surface area contributed by atoms with Crippen LogP contribution in [0.15, 0.2) is 30.3 Å². The lowest BCUT2D eigenvalue weighted by atomic mass is 9.96. The number of aliphatic hydroxyl groups is 1. The first-order valence-electron chi connectivity index (χ1n) is 9.56. The quantitative estimate of drug-likeness (QED) is 0.749. The number of nitrogens with one attached hydrogen (secondary N) is 1. The molecule has 4 heteroatoms. The van der Waals surface area contributed by atoms with Gasteiger partial charge in [-0.1, -0.05) is 17.7 Å². The van der Waals surface area contributed by atoms with Crippen molar-refractivity contribution in [3.63, 3.8) is 0 Å². The predicted octanol–water partition coefficient (Wildman–Crippen LogP) is 3.13. The molecule has 0 fully saturated rings. The van der Waals surface area contributed by atoms with E-state index in [1.807, 2.05) is 13.0 Å². The lowest BCUT2D eigenvalue weighted by Crippen LogP contribution is -2.31. The fraction of sp³-hybridized carbons (Fsp3) is 0.409. The molecule has 0 bridgehead atoms. The third-order valence-corrected chi connectivity index (χ3v) is 6.09. The maximum atomic E-state index is 11.5. The molecule has 26 heavy (non-hydrogen) atoms. The van der Waals surface area contributed by atoms with Crippen molar-refractivity contribution in [1.29, 1.82) is 0 Å². The highest BCUT2D eigenvalue weighted by Crippen LogP contribution is 2.40. The summed E-state index contributed by atoms with van der Waals surface area (Å²) in [6.07, 6.45) is 2.62. The molecule has 3 aromatic rings. The lowest BCUT2D eigenvalue weighted by Gasteiger charge is -2.27. The Balaban J connectivity index is 1.65. The zero-order chi connectivity index (χ0) is 17.9. The second-order valence-corrected chi connectivity index (χ2v) is 7.94. The van der Waals surface area contributed by atoms with Crippen LogP contribution in [0.25, 0.3) is 10.9 Å². The van der Waals surface area contributed by atoms with Crippen LogP contribution < -0.4 is 5.32 Å². The van der Waals surface area contributed by atoms with Gasteiger partial charge in [0, 0.05) is 53.1 Å². The molecule has 1 aliphatic heterocycles. The Kier molecular flexibility index (Phi) is 3.49. The molecule has 0 saturated heterocycles. The summed E-state index contributed by atoms with van der Waals surface area (Å²) in [5.41, 5.74) is 7.59. The van der Waals surface area contributed by atoms with Gasteiger partial charge in [0.25, 0.3) is 0 Å². The van der Waals surface area contributed by atoms with Crippen LogP contribution in [0.1, 0.15) is 40.2 Å². The van der Waals surface area contributed by atoms with E-state index in [4.69, 9.17) is 0 Å². The van der Waals surface area contributed by atoms with Crippen LogP contribution in [-0.2, 0) is 31.5 Å². The number of fused-ring (bicyclic) bond motifs is 4. The Morgan fingerprint density at radius 3 is 2.96 bits per heavy atom. The van der Waals surface area contributed by atoms with Crippen LogP contribution in [0.3, 0.4) is 0 Å². The summed E-state index contributed by atoms with van der Waals surface area (Å²) in [6.45, 7) is 6.69. The molecular weight excluding hydrogens is 322 g/mol. The van der Waals surface area contributed by atoms with Gasteiger partial charge >= 0.3 is 0 Å². The van der Waals surface area contributed by atoms with Gasteiger partial charge in [-0.3, -0.25) is 4.98 Å². The Morgan fingerprint density at radius 2 is 2.08 bits per heavy atom. The molecule has 1 aliphatic carbocycles. The highest BCUT2D eigenvalue weighted by Gasteiger charge is 2.39. The number of benzene rings is 1. The number of hydrogen-bond acceptors (Lipinski definition) is 3. The molecule has 1 aromatic carbocycles. The van der Waals surface area contributed by atoms with Gasteiger partial charge in [-0.25, -0.2) is 0 Å². The van der Waals surface area contributed by atoms with E-state index in [9.17, 15) is 5.11 Å². The summed E-state index contributed by atoms with van der Waals surface area (Å²) in [4.78, 5) is 4.66. The van der Waals surface area contributed by atoms with Gasteiger partial charge < -0.3 is 15.0 Å². The highest BCUT2D eigenvalue weighted by atomic mass is 16.3. The van der Waals surface area contributed by atoms with E-state index < -0.39 is 5.60 Å². The lowest BCUT2D eigenvalue weighted by molar-refractivity contribution is 0.0208. The van der Waals surface area contributed by atoms with Crippen molar-refractivity contribution in [2.24, 2.45) is 0 Å². The normalized spacial score (nSPS) is 21.8. The maximum absolute atomic E-state index is 11.5. The molecule has 2 N–H and O–H groups in total. The molecule has 1 unspecified atom stereocenters. The van der Waals surface area contributed by atoms with Crippen molar-refractivity contribution < 1.29 is 5.11 Å². The Labute approximate surface area is 153 Å². The van der Waals surface area contributed by atoms with Gasteiger partial charge in [-0.15, -0.1) is 0 Å². The molecule has 0 saturated carbocycles. The van der Waals surface area contributed by atoms with Gasteiger partial charge in [0.1, 0.15) is 5.60 Å². The smallest absolute Gasteiger partial charge is 0.110 e. The molecule has 2 aromatic heterocycles. The van der Waals surface area contributed by atoms with Gasteiger partial charge in [0.05, 0.1) is 6.54 Å². The summed E-state index contributed by atoms with van der Waals surface area (Å²) in [7, 11) is 0.